The molecule has 2 rings (SSSR count). The third-order valence-corrected chi connectivity index (χ3v) is 4.29. The highest BCUT2D eigenvalue weighted by molar-refractivity contribution is 7.99. The van der Waals surface area contributed by atoms with Crippen molar-refractivity contribution < 1.29 is 4.79 Å². The van der Waals surface area contributed by atoms with Crippen molar-refractivity contribution in [3.63, 3.8) is 0 Å². The van der Waals surface area contributed by atoms with Gasteiger partial charge in [0.15, 0.2) is 5.16 Å². The molecule has 0 aliphatic rings. The molecule has 0 saturated carbocycles. The Morgan fingerprint density at radius 1 is 1.43 bits per heavy atom. The van der Waals surface area contributed by atoms with Crippen LogP contribution in [-0.2, 0) is 18.3 Å². The van der Waals surface area contributed by atoms with Gasteiger partial charge >= 0.3 is 0 Å². The average molecular weight is 325 g/mol. The number of halogens is 1. The zero-order valence-corrected chi connectivity index (χ0v) is 13.8. The van der Waals surface area contributed by atoms with Crippen LogP contribution in [0.15, 0.2) is 23.4 Å². The molecule has 21 heavy (non-hydrogen) atoms. The van der Waals surface area contributed by atoms with Crippen LogP contribution < -0.4 is 5.32 Å². The second kappa shape index (κ2) is 6.95. The van der Waals surface area contributed by atoms with Gasteiger partial charge in [0, 0.05) is 24.2 Å². The minimum Gasteiger partial charge on any atom is -0.325 e. The lowest BCUT2D eigenvalue weighted by Gasteiger charge is -2.08. The maximum atomic E-state index is 12.0. The Bertz CT molecular complexity index is 656. The number of nitrogens with zero attached hydrogens (tertiary/aromatic N) is 3. The van der Waals surface area contributed by atoms with E-state index in [1.54, 1.807) is 12.1 Å². The van der Waals surface area contributed by atoms with Crippen molar-refractivity contribution in [1.29, 1.82) is 0 Å². The maximum Gasteiger partial charge on any atom is 0.234 e. The first-order chi connectivity index (χ1) is 10.0. The van der Waals surface area contributed by atoms with Crippen LogP contribution in [-0.4, -0.2) is 26.4 Å². The van der Waals surface area contributed by atoms with E-state index in [1.807, 2.05) is 31.5 Å². The molecule has 7 heteroatoms. The van der Waals surface area contributed by atoms with E-state index in [9.17, 15) is 4.79 Å². The van der Waals surface area contributed by atoms with Gasteiger partial charge in [-0.05, 0) is 30.7 Å². The summed E-state index contributed by atoms with van der Waals surface area (Å²) < 4.78 is 1.91. The normalized spacial score (nSPS) is 10.7. The number of hydrogen-bond donors (Lipinski definition) is 1. The van der Waals surface area contributed by atoms with Crippen molar-refractivity contribution in [2.45, 2.75) is 25.4 Å². The van der Waals surface area contributed by atoms with Crippen molar-refractivity contribution in [2.75, 3.05) is 11.1 Å². The van der Waals surface area contributed by atoms with E-state index in [2.05, 4.69) is 15.5 Å². The molecule has 112 valence electrons. The molecule has 1 aromatic heterocycles. The van der Waals surface area contributed by atoms with Gasteiger partial charge in [0.1, 0.15) is 5.82 Å². The van der Waals surface area contributed by atoms with Crippen molar-refractivity contribution in [3.05, 3.63) is 34.6 Å². The summed E-state index contributed by atoms with van der Waals surface area (Å²) in [5, 5.41) is 12.4. The number of rotatable bonds is 5. The van der Waals surface area contributed by atoms with Gasteiger partial charge in [-0.3, -0.25) is 4.79 Å². The number of thioether (sulfide) groups is 1. The minimum absolute atomic E-state index is 0.0773. The highest BCUT2D eigenvalue weighted by Gasteiger charge is 2.11. The number of benzene rings is 1. The van der Waals surface area contributed by atoms with E-state index >= 15 is 0 Å². The summed E-state index contributed by atoms with van der Waals surface area (Å²) in [6.45, 7) is 3.93. The monoisotopic (exact) mass is 324 g/mol. The topological polar surface area (TPSA) is 59.8 Å². The predicted molar refractivity (Wildman–Crippen MR) is 85.9 cm³/mol. The van der Waals surface area contributed by atoms with Crippen LogP contribution in [0, 0.1) is 6.92 Å². The van der Waals surface area contributed by atoms with Gasteiger partial charge in [0.2, 0.25) is 5.91 Å². The molecule has 0 saturated heterocycles. The summed E-state index contributed by atoms with van der Waals surface area (Å²) in [6, 6.07) is 5.38. The summed E-state index contributed by atoms with van der Waals surface area (Å²) in [5.74, 6) is 1.12. The Labute approximate surface area is 133 Å². The van der Waals surface area contributed by atoms with E-state index in [1.165, 1.54) is 11.8 Å². The van der Waals surface area contributed by atoms with Gasteiger partial charge in [0.25, 0.3) is 0 Å². The van der Waals surface area contributed by atoms with Gasteiger partial charge in [-0.2, -0.15) is 0 Å². The van der Waals surface area contributed by atoms with Crippen molar-refractivity contribution in [2.24, 2.45) is 7.05 Å². The first-order valence-electron chi connectivity index (χ1n) is 6.58. The molecule has 0 bridgehead atoms. The van der Waals surface area contributed by atoms with Crippen LogP contribution in [0.2, 0.25) is 5.02 Å². The van der Waals surface area contributed by atoms with E-state index in [0.717, 1.165) is 28.7 Å². The van der Waals surface area contributed by atoms with Crippen LogP contribution >= 0.6 is 23.4 Å². The quantitative estimate of drug-likeness (QED) is 0.859. The largest absolute Gasteiger partial charge is 0.325 e. The second-order valence-electron chi connectivity index (χ2n) is 4.61. The number of anilines is 1. The van der Waals surface area contributed by atoms with E-state index < -0.39 is 0 Å². The third-order valence-electron chi connectivity index (χ3n) is 3.04. The Kier molecular flexibility index (Phi) is 5.25. The molecule has 0 atom stereocenters. The molecule has 0 unspecified atom stereocenters. The second-order valence-corrected chi connectivity index (χ2v) is 5.99. The summed E-state index contributed by atoms with van der Waals surface area (Å²) in [4.78, 5) is 12.0. The number of carbonyl (C=O) groups is 1. The molecule has 1 N–H and O–H groups in total. The van der Waals surface area contributed by atoms with Gasteiger partial charge in [-0.25, -0.2) is 0 Å². The summed E-state index contributed by atoms with van der Waals surface area (Å²) in [6.07, 6.45) is 0.820. The fourth-order valence-corrected chi connectivity index (χ4v) is 2.82. The van der Waals surface area contributed by atoms with Crippen LogP contribution in [0.1, 0.15) is 18.3 Å². The predicted octanol–water partition coefficient (Wildman–Crippen LogP) is 3.07. The lowest BCUT2D eigenvalue weighted by Crippen LogP contribution is -2.15. The number of hydrogen-bond acceptors (Lipinski definition) is 4. The van der Waals surface area contributed by atoms with Gasteiger partial charge < -0.3 is 9.88 Å². The number of nitrogens with one attached hydrogen (secondary N) is 1. The molecule has 2 aromatic rings. The highest BCUT2D eigenvalue weighted by atomic mass is 35.5. The van der Waals surface area contributed by atoms with Crippen LogP contribution in [0.4, 0.5) is 5.69 Å². The number of amides is 1. The molecular formula is C14H17ClN4OS. The summed E-state index contributed by atoms with van der Waals surface area (Å²) >= 11 is 7.26. The van der Waals surface area contributed by atoms with Gasteiger partial charge in [0.05, 0.1) is 5.75 Å². The lowest BCUT2D eigenvalue weighted by molar-refractivity contribution is -0.113. The first kappa shape index (κ1) is 15.9. The maximum absolute atomic E-state index is 12.0. The lowest BCUT2D eigenvalue weighted by atomic mass is 10.2. The van der Waals surface area contributed by atoms with Crippen molar-refractivity contribution in [1.82, 2.24) is 14.8 Å². The fraction of sp³-hybridized carbons (Fsp3) is 0.357. The third kappa shape index (κ3) is 3.98. The van der Waals surface area contributed by atoms with E-state index in [4.69, 9.17) is 11.6 Å². The Morgan fingerprint density at radius 2 is 2.19 bits per heavy atom. The molecule has 0 radical (unpaired) electrons. The highest BCUT2D eigenvalue weighted by Crippen LogP contribution is 2.21. The van der Waals surface area contributed by atoms with E-state index in [0.29, 0.717) is 5.02 Å². The Balaban J connectivity index is 1.94. The first-order valence-corrected chi connectivity index (χ1v) is 7.94. The van der Waals surface area contributed by atoms with Gasteiger partial charge in [-0.1, -0.05) is 30.3 Å². The fourth-order valence-electron chi connectivity index (χ4n) is 1.86. The number of aryl methyl sites for hydroxylation is 2. The molecule has 0 aliphatic carbocycles. The summed E-state index contributed by atoms with van der Waals surface area (Å²) in [7, 11) is 1.91. The SMILES string of the molecule is CCc1nnc(SCC(=O)Nc2ccc(Cl)cc2C)n1C. The van der Waals surface area contributed by atoms with Crippen LogP contribution in [0.25, 0.3) is 0 Å². The average Bonchev–Trinajstić information content (AvgIpc) is 2.80. The minimum atomic E-state index is -0.0773. The molecule has 1 aromatic carbocycles. The van der Waals surface area contributed by atoms with E-state index in [-0.39, 0.29) is 11.7 Å². The van der Waals surface area contributed by atoms with Crippen molar-refractivity contribution in [3.8, 4) is 0 Å². The molecule has 5 nitrogen and oxygen atoms in total. The zero-order valence-electron chi connectivity index (χ0n) is 12.2. The molecule has 0 aliphatic heterocycles. The number of carbonyl (C=O) groups excluding carboxylic acids is 1. The molecule has 1 heterocycles. The molecule has 0 spiro atoms. The van der Waals surface area contributed by atoms with Gasteiger partial charge in [-0.15, -0.1) is 10.2 Å². The smallest absolute Gasteiger partial charge is 0.234 e. The Hall–Kier alpha value is -1.53. The molecular weight excluding hydrogens is 308 g/mol. The van der Waals surface area contributed by atoms with Crippen molar-refractivity contribution >= 4 is 35.0 Å². The number of aromatic nitrogens is 3. The Morgan fingerprint density at radius 3 is 2.81 bits per heavy atom. The summed E-state index contributed by atoms with van der Waals surface area (Å²) in [5.41, 5.74) is 1.71. The van der Waals surface area contributed by atoms with Crippen LogP contribution in [0.3, 0.4) is 0 Å². The molecule has 0 fully saturated rings. The molecule has 1 amide bonds. The van der Waals surface area contributed by atoms with Crippen LogP contribution in [0.5, 0.6) is 0 Å². The standard InChI is InChI=1S/C14H17ClN4OS/c1-4-12-17-18-14(19(12)3)21-8-13(20)16-11-6-5-10(15)7-9(11)2/h5-7H,4,8H2,1-3H3,(H,16,20). The zero-order chi connectivity index (χ0) is 15.4.